The number of anilines is 3. The Morgan fingerprint density at radius 2 is 0.894 bits per heavy atom. The fraction of sp³-hybridized carbons (Fsp3) is 0. The first-order chi connectivity index (χ1) is 23.3. The van der Waals surface area contributed by atoms with Crippen molar-refractivity contribution in [3.8, 4) is 23.0 Å². The molecule has 3 nitrogen and oxygen atoms in total. The van der Waals surface area contributed by atoms with Crippen molar-refractivity contribution in [2.45, 2.75) is 0 Å². The third kappa shape index (κ3) is 3.63. The van der Waals surface area contributed by atoms with Crippen LogP contribution in [0, 0.1) is 0 Å². The van der Waals surface area contributed by atoms with Crippen molar-refractivity contribution in [3.05, 3.63) is 170 Å². The molecule has 0 fully saturated rings. The van der Waals surface area contributed by atoms with Gasteiger partial charge in [-0.05, 0) is 68.1 Å². The summed E-state index contributed by atoms with van der Waals surface area (Å²) >= 11 is 0. The molecule has 10 rings (SSSR count). The Bertz CT molecular complexity index is 2240. The van der Waals surface area contributed by atoms with Gasteiger partial charge in [0, 0.05) is 16.8 Å². The van der Waals surface area contributed by atoms with Crippen LogP contribution in [0.1, 0.15) is 0 Å². The Morgan fingerprint density at radius 1 is 0.404 bits per heavy atom. The minimum atomic E-state index is -2.72. The van der Waals surface area contributed by atoms with Gasteiger partial charge in [0.15, 0.2) is 8.07 Å². The number of hydrogen-bond donors (Lipinski definition) is 0. The second-order valence-corrected chi connectivity index (χ2v) is 16.1. The number of hydrogen-bond acceptors (Lipinski definition) is 3. The van der Waals surface area contributed by atoms with E-state index >= 15 is 0 Å². The summed E-state index contributed by atoms with van der Waals surface area (Å²) in [6, 6.07) is 61.4. The van der Waals surface area contributed by atoms with Crippen molar-refractivity contribution in [1.29, 1.82) is 0 Å². The van der Waals surface area contributed by atoms with Crippen LogP contribution in [-0.2, 0) is 0 Å². The van der Waals surface area contributed by atoms with Crippen molar-refractivity contribution in [3.63, 3.8) is 0 Å². The molecule has 0 bridgehead atoms. The van der Waals surface area contributed by atoms with Gasteiger partial charge in [-0.1, -0.05) is 133 Å². The summed E-state index contributed by atoms with van der Waals surface area (Å²) in [5.74, 6) is 3.48. The summed E-state index contributed by atoms with van der Waals surface area (Å²) in [5, 5.41) is 5.45. The summed E-state index contributed by atoms with van der Waals surface area (Å²) in [7, 11) is -2.72. The van der Waals surface area contributed by atoms with E-state index in [1.807, 2.05) is 6.07 Å². The van der Waals surface area contributed by atoms with E-state index in [0.717, 1.165) is 45.1 Å². The minimum absolute atomic E-state index is 0.00670. The Hall–Kier alpha value is -5.78. The van der Waals surface area contributed by atoms with Crippen molar-refractivity contribution in [1.82, 2.24) is 0 Å². The molecular weight excluding hydrogens is 589 g/mol. The van der Waals surface area contributed by atoms with E-state index in [1.165, 1.54) is 32.1 Å². The molecule has 0 saturated carbocycles. The topological polar surface area (TPSA) is 21.7 Å². The van der Waals surface area contributed by atoms with Crippen LogP contribution in [0.25, 0.3) is 0 Å². The zero-order chi connectivity index (χ0) is 31.0. The maximum atomic E-state index is 6.96. The van der Waals surface area contributed by atoms with Gasteiger partial charge in [0.1, 0.15) is 23.0 Å². The molecule has 7 aromatic rings. The van der Waals surface area contributed by atoms with Crippen LogP contribution in [0.15, 0.2) is 170 Å². The first kappa shape index (κ1) is 26.4. The highest BCUT2D eigenvalue weighted by atomic mass is 28.3. The molecule has 0 N–H and O–H groups in total. The smallest absolute Gasteiger partial charge is 0.260 e. The van der Waals surface area contributed by atoms with E-state index in [-0.39, 0.29) is 6.71 Å². The normalized spacial score (nSPS) is 14.4. The molecule has 0 aromatic heterocycles. The fourth-order valence-corrected chi connectivity index (χ4v) is 13.3. The van der Waals surface area contributed by atoms with Gasteiger partial charge < -0.3 is 14.4 Å². The zero-order valence-electron chi connectivity index (χ0n) is 25.5. The number of ether oxygens (including phenoxy) is 2. The van der Waals surface area contributed by atoms with Crippen molar-refractivity contribution >= 4 is 69.0 Å². The van der Waals surface area contributed by atoms with E-state index in [4.69, 9.17) is 9.47 Å². The molecule has 0 spiro atoms. The minimum Gasteiger partial charge on any atom is -0.458 e. The monoisotopic (exact) mass is 617 g/mol. The van der Waals surface area contributed by atoms with E-state index in [1.54, 1.807) is 0 Å². The van der Waals surface area contributed by atoms with Crippen LogP contribution in [0.2, 0.25) is 0 Å². The lowest BCUT2D eigenvalue weighted by molar-refractivity contribution is 0.465. The lowest BCUT2D eigenvalue weighted by atomic mass is 9.35. The van der Waals surface area contributed by atoms with Crippen LogP contribution in [-0.4, -0.2) is 14.8 Å². The molecule has 0 saturated heterocycles. The molecular formula is C42H28BNO2Si. The SMILES string of the molecule is c1ccc([Si]2(c3ccccc3)c3ccccc3N(c3ccc4c5c3Oc3ccccc3B5c3ccccc3O4)c3ccccc32)cc1. The van der Waals surface area contributed by atoms with Crippen LogP contribution < -0.4 is 51.5 Å². The molecule has 3 heterocycles. The van der Waals surface area contributed by atoms with Gasteiger partial charge in [0.05, 0.1) is 5.69 Å². The van der Waals surface area contributed by atoms with E-state index in [9.17, 15) is 0 Å². The molecule has 0 amide bonds. The van der Waals surface area contributed by atoms with Gasteiger partial charge in [-0.2, -0.15) is 0 Å². The lowest BCUT2D eigenvalue weighted by Crippen LogP contribution is -2.77. The number of fused-ring (bicyclic) bond motifs is 6. The Kier molecular flexibility index (Phi) is 5.69. The van der Waals surface area contributed by atoms with Crippen molar-refractivity contribution in [2.24, 2.45) is 0 Å². The number of nitrogens with zero attached hydrogens (tertiary/aromatic N) is 1. The van der Waals surface area contributed by atoms with Crippen LogP contribution >= 0.6 is 0 Å². The van der Waals surface area contributed by atoms with Crippen molar-refractivity contribution < 1.29 is 9.47 Å². The molecule has 0 unspecified atom stereocenters. The standard InChI is InChI=1S/C42H28BNO2Si/c1-3-15-29(16-4-1)47(30-17-5-2-6-18-30)39-25-13-9-21-33(39)44(34-22-10-14-26-40(34)47)35-27-28-38-41-42(35)46-37-24-12-8-20-32(37)43(41)31-19-7-11-23-36(31)45-38/h1-28H. The highest BCUT2D eigenvalue weighted by Gasteiger charge is 2.50. The average molecular weight is 618 g/mol. The van der Waals surface area contributed by atoms with E-state index in [0.29, 0.717) is 0 Å². The molecule has 0 aliphatic carbocycles. The Labute approximate surface area is 275 Å². The van der Waals surface area contributed by atoms with Gasteiger partial charge in [-0.15, -0.1) is 0 Å². The quantitative estimate of drug-likeness (QED) is 0.242. The molecule has 0 atom stereocenters. The van der Waals surface area contributed by atoms with Gasteiger partial charge >= 0.3 is 0 Å². The first-order valence-electron chi connectivity index (χ1n) is 16.1. The number of rotatable bonds is 3. The number of para-hydroxylation sites is 4. The predicted molar refractivity (Wildman–Crippen MR) is 196 cm³/mol. The second kappa shape index (κ2) is 10.1. The Balaban J connectivity index is 1.28. The largest absolute Gasteiger partial charge is 0.458 e. The average Bonchev–Trinajstić information content (AvgIpc) is 3.15. The van der Waals surface area contributed by atoms with Gasteiger partial charge in [0.2, 0.25) is 0 Å². The highest BCUT2D eigenvalue weighted by molar-refractivity contribution is 7.21. The van der Waals surface area contributed by atoms with Crippen molar-refractivity contribution in [2.75, 3.05) is 4.90 Å². The fourth-order valence-electron chi connectivity index (χ4n) is 8.22. The summed E-state index contributed by atoms with van der Waals surface area (Å²) in [5.41, 5.74) is 6.77. The van der Waals surface area contributed by atoms with Crippen LogP contribution in [0.5, 0.6) is 23.0 Å². The predicted octanol–water partition coefficient (Wildman–Crippen LogP) is 5.57. The van der Waals surface area contributed by atoms with Crippen LogP contribution in [0.4, 0.5) is 17.1 Å². The molecule has 0 radical (unpaired) electrons. The third-order valence-electron chi connectivity index (χ3n) is 10.1. The molecule has 3 aliphatic rings. The molecule has 220 valence electrons. The van der Waals surface area contributed by atoms with Crippen LogP contribution in [0.3, 0.4) is 0 Å². The summed E-state index contributed by atoms with van der Waals surface area (Å²) in [6.07, 6.45) is 0. The maximum Gasteiger partial charge on any atom is 0.260 e. The van der Waals surface area contributed by atoms with Gasteiger partial charge in [-0.25, -0.2) is 0 Å². The number of benzene rings is 7. The maximum absolute atomic E-state index is 6.96. The van der Waals surface area contributed by atoms with E-state index < -0.39 is 8.07 Å². The summed E-state index contributed by atoms with van der Waals surface area (Å²) < 4.78 is 13.5. The highest BCUT2D eigenvalue weighted by Crippen LogP contribution is 2.46. The third-order valence-corrected chi connectivity index (χ3v) is 14.9. The molecule has 5 heteroatoms. The van der Waals surface area contributed by atoms with E-state index in [2.05, 4.69) is 169 Å². The molecule has 47 heavy (non-hydrogen) atoms. The summed E-state index contributed by atoms with van der Waals surface area (Å²) in [6.45, 7) is 0.00670. The Morgan fingerprint density at radius 3 is 1.49 bits per heavy atom. The van der Waals surface area contributed by atoms with Gasteiger partial charge in [0.25, 0.3) is 6.71 Å². The first-order valence-corrected chi connectivity index (χ1v) is 18.1. The lowest BCUT2D eigenvalue weighted by Gasteiger charge is -2.45. The zero-order valence-corrected chi connectivity index (χ0v) is 26.5. The summed E-state index contributed by atoms with van der Waals surface area (Å²) in [4.78, 5) is 2.43. The molecule has 3 aliphatic heterocycles. The molecule has 7 aromatic carbocycles. The van der Waals surface area contributed by atoms with Gasteiger partial charge in [-0.3, -0.25) is 0 Å². The second-order valence-electron chi connectivity index (χ2n) is 12.4.